The average Bonchev–Trinajstić information content (AvgIpc) is 3.09. The lowest BCUT2D eigenvalue weighted by molar-refractivity contribution is 0.0692. The highest BCUT2D eigenvalue weighted by atomic mass is 16.5. The van der Waals surface area contributed by atoms with Crippen LogP contribution in [-0.2, 0) is 6.42 Å². The van der Waals surface area contributed by atoms with Crippen molar-refractivity contribution in [1.29, 1.82) is 0 Å². The van der Waals surface area contributed by atoms with Gasteiger partial charge in [0.25, 0.3) is 0 Å². The van der Waals surface area contributed by atoms with Crippen LogP contribution < -0.4 is 10.1 Å². The summed E-state index contributed by atoms with van der Waals surface area (Å²) in [6, 6.07) is 14.8. The van der Waals surface area contributed by atoms with E-state index in [1.54, 1.807) is 12.1 Å². The van der Waals surface area contributed by atoms with Crippen LogP contribution in [0.25, 0.3) is 22.2 Å². The van der Waals surface area contributed by atoms with Gasteiger partial charge in [0, 0.05) is 29.1 Å². The molecule has 0 spiro atoms. The van der Waals surface area contributed by atoms with Crippen molar-refractivity contribution >= 4 is 22.8 Å². The summed E-state index contributed by atoms with van der Waals surface area (Å²) in [7, 11) is 0. The predicted molar refractivity (Wildman–Crippen MR) is 119 cm³/mol. The van der Waals surface area contributed by atoms with Gasteiger partial charge in [-0.25, -0.2) is 14.8 Å². The normalized spacial score (nSPS) is 10.9. The van der Waals surface area contributed by atoms with Crippen LogP contribution in [0.5, 0.6) is 5.75 Å². The first-order chi connectivity index (χ1) is 15.1. The van der Waals surface area contributed by atoms with Crippen LogP contribution in [0.4, 0.5) is 5.82 Å². The van der Waals surface area contributed by atoms with E-state index >= 15 is 0 Å². The third kappa shape index (κ3) is 4.35. The minimum atomic E-state index is -1.03. The summed E-state index contributed by atoms with van der Waals surface area (Å²) in [5.41, 5.74) is 3.65. The highest BCUT2D eigenvalue weighted by Crippen LogP contribution is 2.28. The number of hydrogen-bond acceptors (Lipinski definition) is 6. The summed E-state index contributed by atoms with van der Waals surface area (Å²) < 4.78 is 11.3. The Bertz CT molecular complexity index is 1230. The maximum absolute atomic E-state index is 11.4. The van der Waals surface area contributed by atoms with Gasteiger partial charge < -0.3 is 19.6 Å². The minimum absolute atomic E-state index is 0.126. The molecule has 0 saturated carbocycles. The maximum atomic E-state index is 11.4. The average molecular weight is 417 g/mol. The van der Waals surface area contributed by atoms with Crippen molar-refractivity contribution in [2.45, 2.75) is 20.3 Å². The molecule has 2 N–H and O–H groups in total. The second-order valence-corrected chi connectivity index (χ2v) is 7.05. The second-order valence-electron chi connectivity index (χ2n) is 7.05. The van der Waals surface area contributed by atoms with Crippen LogP contribution in [0.1, 0.15) is 28.6 Å². The van der Waals surface area contributed by atoms with Gasteiger partial charge in [-0.05, 0) is 38.5 Å². The molecule has 0 unspecified atom stereocenters. The molecule has 4 aromatic rings. The van der Waals surface area contributed by atoms with Crippen LogP contribution in [-0.4, -0.2) is 34.2 Å². The first-order valence-corrected chi connectivity index (χ1v) is 10.1. The molecule has 0 saturated heterocycles. The number of nitrogens with one attached hydrogen (secondary N) is 1. The summed E-state index contributed by atoms with van der Waals surface area (Å²) in [4.78, 5) is 20.0. The molecule has 0 aliphatic heterocycles. The number of nitrogens with zero attached hydrogens (tertiary/aromatic N) is 2. The SMILES string of the molecule is CCOc1cc(-c2cc(NCCc3c(C)oc4ccccc34)ncn2)ccc1C(=O)O. The third-order valence-corrected chi connectivity index (χ3v) is 5.06. The smallest absolute Gasteiger partial charge is 0.339 e. The molecule has 7 heteroatoms. The number of furan rings is 1. The van der Waals surface area contributed by atoms with Gasteiger partial charge >= 0.3 is 5.97 Å². The lowest BCUT2D eigenvalue weighted by Crippen LogP contribution is -2.07. The number of fused-ring (bicyclic) bond motifs is 1. The number of hydrogen-bond donors (Lipinski definition) is 2. The van der Waals surface area contributed by atoms with Crippen molar-refractivity contribution in [2.24, 2.45) is 0 Å². The number of aryl methyl sites for hydroxylation is 1. The molecular formula is C24H23N3O4. The number of rotatable bonds is 8. The zero-order valence-corrected chi connectivity index (χ0v) is 17.4. The monoisotopic (exact) mass is 417 g/mol. The molecule has 0 aliphatic carbocycles. The number of carbonyl (C=O) groups is 1. The van der Waals surface area contributed by atoms with Gasteiger partial charge in [-0.3, -0.25) is 0 Å². The van der Waals surface area contributed by atoms with Gasteiger partial charge in [-0.1, -0.05) is 24.3 Å². The zero-order valence-electron chi connectivity index (χ0n) is 17.4. The number of benzene rings is 2. The van der Waals surface area contributed by atoms with E-state index in [0.29, 0.717) is 30.4 Å². The van der Waals surface area contributed by atoms with Gasteiger partial charge in [0.05, 0.1) is 12.3 Å². The van der Waals surface area contributed by atoms with Crippen molar-refractivity contribution < 1.29 is 19.1 Å². The fourth-order valence-corrected chi connectivity index (χ4v) is 3.59. The van der Waals surface area contributed by atoms with Crippen molar-refractivity contribution in [2.75, 3.05) is 18.5 Å². The predicted octanol–water partition coefficient (Wildman–Crippen LogP) is 4.95. The summed E-state index contributed by atoms with van der Waals surface area (Å²) in [5, 5.41) is 13.8. The number of ether oxygens (including phenoxy) is 1. The van der Waals surface area contributed by atoms with Crippen LogP contribution in [0.3, 0.4) is 0 Å². The van der Waals surface area contributed by atoms with Crippen molar-refractivity contribution in [3.63, 3.8) is 0 Å². The molecule has 7 nitrogen and oxygen atoms in total. The molecule has 0 fully saturated rings. The molecule has 0 amide bonds. The van der Waals surface area contributed by atoms with Crippen LogP contribution in [0, 0.1) is 6.92 Å². The van der Waals surface area contributed by atoms with Crippen LogP contribution in [0.15, 0.2) is 59.3 Å². The topological polar surface area (TPSA) is 97.5 Å². The van der Waals surface area contributed by atoms with Gasteiger partial charge in [-0.15, -0.1) is 0 Å². The van der Waals surface area contributed by atoms with E-state index in [1.165, 1.54) is 18.0 Å². The third-order valence-electron chi connectivity index (χ3n) is 5.06. The quantitative estimate of drug-likeness (QED) is 0.419. The Morgan fingerprint density at radius 1 is 1.16 bits per heavy atom. The maximum Gasteiger partial charge on any atom is 0.339 e. The Morgan fingerprint density at radius 2 is 2.00 bits per heavy atom. The molecule has 2 aromatic heterocycles. The molecule has 4 rings (SSSR count). The Labute approximate surface area is 179 Å². The Kier molecular flexibility index (Phi) is 5.84. The number of para-hydroxylation sites is 1. The summed E-state index contributed by atoms with van der Waals surface area (Å²) >= 11 is 0. The number of anilines is 1. The molecular weight excluding hydrogens is 394 g/mol. The number of carboxylic acid groups (broad SMARTS) is 1. The standard InChI is InChI=1S/C24H23N3O4/c1-3-30-22-12-16(8-9-19(22)24(28)29)20-13-23(27-14-26-20)25-11-10-17-15(2)31-21-7-5-4-6-18(17)21/h4-9,12-14H,3,10-11H2,1-2H3,(H,28,29)(H,25,26,27). The summed E-state index contributed by atoms with van der Waals surface area (Å²) in [6.07, 6.45) is 2.28. The molecule has 0 atom stereocenters. The van der Waals surface area contributed by atoms with E-state index in [1.807, 2.05) is 38.1 Å². The summed E-state index contributed by atoms with van der Waals surface area (Å²) in [5.74, 6) is 0.911. The summed E-state index contributed by atoms with van der Waals surface area (Å²) in [6.45, 7) is 4.86. The van der Waals surface area contributed by atoms with E-state index in [-0.39, 0.29) is 5.56 Å². The Hall–Kier alpha value is -3.87. The Balaban J connectivity index is 1.50. The highest BCUT2D eigenvalue weighted by molar-refractivity contribution is 5.92. The van der Waals surface area contributed by atoms with E-state index in [0.717, 1.165) is 28.7 Å². The molecule has 158 valence electrons. The molecule has 0 bridgehead atoms. The zero-order chi connectivity index (χ0) is 21.8. The van der Waals surface area contributed by atoms with Crippen molar-refractivity contribution in [1.82, 2.24) is 9.97 Å². The fraction of sp³-hybridized carbons (Fsp3) is 0.208. The number of carboxylic acids is 1. The van der Waals surface area contributed by atoms with E-state index in [4.69, 9.17) is 9.15 Å². The van der Waals surface area contributed by atoms with Crippen molar-refractivity contribution in [3.05, 3.63) is 71.7 Å². The van der Waals surface area contributed by atoms with E-state index in [2.05, 4.69) is 21.4 Å². The highest BCUT2D eigenvalue weighted by Gasteiger charge is 2.14. The van der Waals surface area contributed by atoms with Crippen LogP contribution >= 0.6 is 0 Å². The molecule has 31 heavy (non-hydrogen) atoms. The number of aromatic nitrogens is 2. The first-order valence-electron chi connectivity index (χ1n) is 10.1. The van der Waals surface area contributed by atoms with E-state index in [9.17, 15) is 9.90 Å². The molecule has 0 radical (unpaired) electrons. The molecule has 2 aromatic carbocycles. The first kappa shape index (κ1) is 20.4. The minimum Gasteiger partial charge on any atom is -0.493 e. The van der Waals surface area contributed by atoms with Gasteiger partial charge in [-0.2, -0.15) is 0 Å². The van der Waals surface area contributed by atoms with Gasteiger partial charge in [0.1, 0.15) is 34.8 Å². The van der Waals surface area contributed by atoms with E-state index < -0.39 is 5.97 Å². The largest absolute Gasteiger partial charge is 0.493 e. The number of aromatic carboxylic acids is 1. The lowest BCUT2D eigenvalue weighted by atomic mass is 10.1. The van der Waals surface area contributed by atoms with Gasteiger partial charge in [0.15, 0.2) is 0 Å². The van der Waals surface area contributed by atoms with Crippen LogP contribution in [0.2, 0.25) is 0 Å². The fourth-order valence-electron chi connectivity index (χ4n) is 3.59. The molecule has 2 heterocycles. The Morgan fingerprint density at radius 3 is 2.81 bits per heavy atom. The van der Waals surface area contributed by atoms with Gasteiger partial charge in [0.2, 0.25) is 0 Å². The van der Waals surface area contributed by atoms with Crippen molar-refractivity contribution in [3.8, 4) is 17.0 Å². The lowest BCUT2D eigenvalue weighted by Gasteiger charge is -2.10. The molecule has 0 aliphatic rings. The second kappa shape index (κ2) is 8.87.